The van der Waals surface area contributed by atoms with E-state index < -0.39 is 11.2 Å². The van der Waals surface area contributed by atoms with Crippen molar-refractivity contribution in [3.8, 4) is 11.5 Å². The van der Waals surface area contributed by atoms with Gasteiger partial charge < -0.3 is 14.8 Å². The highest BCUT2D eigenvalue weighted by atomic mass is 79.9. The molecule has 1 aromatic heterocycles. The summed E-state index contributed by atoms with van der Waals surface area (Å²) in [7, 11) is 1.48. The van der Waals surface area contributed by atoms with Crippen molar-refractivity contribution in [1.29, 1.82) is 0 Å². The zero-order valence-corrected chi connectivity index (χ0v) is 20.0. The molecule has 158 valence electrons. The summed E-state index contributed by atoms with van der Waals surface area (Å²) in [6.07, 6.45) is 0. The number of halogens is 1. The number of anilines is 1. The highest BCUT2D eigenvalue weighted by Gasteiger charge is 2.56. The van der Waals surface area contributed by atoms with E-state index in [1.165, 1.54) is 35.1 Å². The number of nitrogens with one attached hydrogen (secondary N) is 1. The van der Waals surface area contributed by atoms with E-state index >= 15 is 0 Å². The Morgan fingerprint density at radius 1 is 1.16 bits per heavy atom. The lowest BCUT2D eigenvalue weighted by molar-refractivity contribution is -0.122. The predicted molar refractivity (Wildman–Crippen MR) is 126 cm³/mol. The van der Waals surface area contributed by atoms with Crippen molar-refractivity contribution >= 4 is 68.7 Å². The number of methoxy groups -OCH3 is 1. The van der Waals surface area contributed by atoms with Crippen molar-refractivity contribution in [3.05, 3.63) is 61.3 Å². The molecule has 3 aromatic rings. The van der Waals surface area contributed by atoms with Crippen LogP contribution in [0.5, 0.6) is 11.5 Å². The van der Waals surface area contributed by atoms with E-state index in [0.717, 1.165) is 19.9 Å². The topological polar surface area (TPSA) is 82.6 Å². The molecular weight excluding hydrogens is 520 g/mol. The molecular formula is C21H15BrN2O4S3. The molecule has 2 aliphatic rings. The Morgan fingerprint density at radius 2 is 1.90 bits per heavy atom. The summed E-state index contributed by atoms with van der Waals surface area (Å²) in [5.41, 5.74) is 1.33. The molecule has 31 heavy (non-hydrogen) atoms. The molecule has 1 saturated heterocycles. The number of thiazole rings is 1. The van der Waals surface area contributed by atoms with Crippen LogP contribution in [0.25, 0.3) is 0 Å². The number of aromatic nitrogens is 1. The fraction of sp³-hybridized carbons (Fsp3) is 0.190. The zero-order valence-electron chi connectivity index (χ0n) is 16.0. The number of hydrogen-bond donors (Lipinski definition) is 2. The highest BCUT2D eigenvalue weighted by Crippen LogP contribution is 2.54. The Hall–Kier alpha value is -2.14. The molecule has 0 bridgehead atoms. The summed E-state index contributed by atoms with van der Waals surface area (Å²) in [5.74, 6) is -1.13. The number of ether oxygens (including phenoxy) is 1. The first-order valence-corrected chi connectivity index (χ1v) is 12.2. The minimum atomic E-state index is -0.593. The van der Waals surface area contributed by atoms with Crippen LogP contribution in [0.15, 0.2) is 52.0 Å². The number of H-pyrrole nitrogens is 1. The first kappa shape index (κ1) is 20.7. The van der Waals surface area contributed by atoms with Gasteiger partial charge in [-0.15, -0.1) is 11.3 Å². The molecule has 10 heteroatoms. The fourth-order valence-electron chi connectivity index (χ4n) is 4.11. The normalized spacial score (nSPS) is 22.4. The molecule has 0 radical (unpaired) electrons. The summed E-state index contributed by atoms with van der Waals surface area (Å²) in [4.78, 5) is 32.4. The van der Waals surface area contributed by atoms with E-state index in [9.17, 15) is 14.7 Å². The summed E-state index contributed by atoms with van der Waals surface area (Å²) < 4.78 is 6.75. The second-order valence-corrected chi connectivity index (χ2v) is 11.0. The third kappa shape index (κ3) is 3.32. The van der Waals surface area contributed by atoms with Crippen molar-refractivity contribution in [1.82, 2.24) is 4.98 Å². The van der Waals surface area contributed by atoms with Gasteiger partial charge in [-0.2, -0.15) is 0 Å². The molecule has 2 N–H and O–H groups in total. The average Bonchev–Trinajstić information content (AvgIpc) is 3.24. The van der Waals surface area contributed by atoms with Crippen molar-refractivity contribution in [2.75, 3.05) is 12.0 Å². The van der Waals surface area contributed by atoms with E-state index in [1.54, 1.807) is 42.5 Å². The summed E-state index contributed by atoms with van der Waals surface area (Å²) >= 11 is 11.5. The SMILES string of the molecule is COc1cc([C@@H]2c3sc(=S)[nH]c3S[C@H]3C(=O)N(c4ccc(Br)cc4)C(=O)[C@@H]23)ccc1O. The van der Waals surface area contributed by atoms with E-state index in [1.807, 2.05) is 0 Å². The molecule has 0 saturated carbocycles. The Morgan fingerprint density at radius 3 is 2.61 bits per heavy atom. The number of imide groups is 1. The Labute approximate surface area is 199 Å². The summed E-state index contributed by atoms with van der Waals surface area (Å²) in [6.45, 7) is 0. The number of thioether (sulfide) groups is 1. The zero-order chi connectivity index (χ0) is 21.9. The van der Waals surface area contributed by atoms with Crippen molar-refractivity contribution < 1.29 is 19.4 Å². The predicted octanol–water partition coefficient (Wildman–Crippen LogP) is 5.08. The second kappa shape index (κ2) is 7.77. The fourth-order valence-corrected chi connectivity index (χ4v) is 7.33. The molecule has 2 amide bonds. The van der Waals surface area contributed by atoms with Crippen LogP contribution in [0.3, 0.4) is 0 Å². The highest BCUT2D eigenvalue weighted by molar-refractivity contribution is 9.10. The molecule has 2 aliphatic heterocycles. The number of nitrogens with zero attached hydrogens (tertiary/aromatic N) is 1. The molecule has 3 atom stereocenters. The number of carbonyl (C=O) groups is 2. The smallest absolute Gasteiger partial charge is 0.248 e. The van der Waals surface area contributed by atoms with E-state index in [0.29, 0.717) is 15.4 Å². The van der Waals surface area contributed by atoms with Crippen LogP contribution in [0.2, 0.25) is 0 Å². The molecule has 0 aliphatic carbocycles. The number of hydrogen-bond acceptors (Lipinski definition) is 7. The number of fused-ring (bicyclic) bond motifs is 2. The van der Waals surface area contributed by atoms with Gasteiger partial charge in [-0.25, -0.2) is 4.90 Å². The van der Waals surface area contributed by atoms with Gasteiger partial charge in [0.2, 0.25) is 11.8 Å². The standard InChI is InChI=1S/C21H15BrN2O4S3/c1-28-13-8-9(2-7-12(13)25)14-15-17(30-18-16(14)31-21(29)23-18)20(27)24(19(15)26)11-5-3-10(22)4-6-11/h2-8,14-15,17,25H,1H3,(H,23,29)/t14-,15-,17+/m0/s1. The van der Waals surface area contributed by atoms with Crippen molar-refractivity contribution in [2.24, 2.45) is 5.92 Å². The van der Waals surface area contributed by atoms with E-state index in [-0.39, 0.29) is 23.5 Å². The van der Waals surface area contributed by atoms with Gasteiger partial charge in [0, 0.05) is 15.3 Å². The van der Waals surface area contributed by atoms with Gasteiger partial charge in [-0.3, -0.25) is 9.59 Å². The van der Waals surface area contributed by atoms with Crippen LogP contribution >= 0.6 is 51.2 Å². The lowest BCUT2D eigenvalue weighted by atomic mass is 9.83. The quantitative estimate of drug-likeness (QED) is 0.360. The summed E-state index contributed by atoms with van der Waals surface area (Å²) in [6, 6.07) is 12.2. The van der Waals surface area contributed by atoms with Gasteiger partial charge in [-0.1, -0.05) is 33.8 Å². The Bertz CT molecular complexity index is 1270. The van der Waals surface area contributed by atoms with E-state index in [2.05, 4.69) is 20.9 Å². The number of rotatable bonds is 3. The van der Waals surface area contributed by atoms with Crippen LogP contribution in [-0.4, -0.2) is 34.3 Å². The number of carbonyl (C=O) groups excluding carboxylic acids is 2. The van der Waals surface area contributed by atoms with Gasteiger partial charge in [0.15, 0.2) is 15.5 Å². The lowest BCUT2D eigenvalue weighted by Gasteiger charge is -2.30. The average molecular weight is 535 g/mol. The summed E-state index contributed by atoms with van der Waals surface area (Å²) in [5, 5.41) is 10.3. The number of phenols is 1. The Balaban J connectivity index is 1.66. The number of aromatic hydroxyl groups is 1. The van der Waals surface area contributed by atoms with Crippen LogP contribution in [0, 0.1) is 9.87 Å². The first-order valence-electron chi connectivity index (χ1n) is 9.29. The molecule has 5 rings (SSSR count). The molecule has 0 unspecified atom stereocenters. The lowest BCUT2D eigenvalue weighted by Crippen LogP contribution is -2.32. The van der Waals surface area contributed by atoms with Crippen LogP contribution in [0.4, 0.5) is 5.69 Å². The minimum absolute atomic E-state index is 0.0141. The van der Waals surface area contributed by atoms with Crippen LogP contribution < -0.4 is 9.64 Å². The number of aromatic amines is 1. The van der Waals surface area contributed by atoms with Gasteiger partial charge in [0.05, 0.1) is 23.7 Å². The molecule has 1 fully saturated rings. The van der Waals surface area contributed by atoms with Crippen molar-refractivity contribution in [2.45, 2.75) is 16.2 Å². The van der Waals surface area contributed by atoms with Crippen LogP contribution in [0.1, 0.15) is 16.4 Å². The number of amides is 2. The molecule has 2 aromatic carbocycles. The van der Waals surface area contributed by atoms with Crippen LogP contribution in [-0.2, 0) is 9.59 Å². The Kier molecular flexibility index (Phi) is 5.20. The van der Waals surface area contributed by atoms with Gasteiger partial charge >= 0.3 is 0 Å². The maximum absolute atomic E-state index is 13.6. The molecule has 3 heterocycles. The first-order chi connectivity index (χ1) is 14.9. The third-order valence-corrected chi connectivity index (χ3v) is 8.75. The second-order valence-electron chi connectivity index (χ2n) is 7.17. The van der Waals surface area contributed by atoms with Crippen molar-refractivity contribution in [3.63, 3.8) is 0 Å². The van der Waals surface area contributed by atoms with Gasteiger partial charge in [-0.05, 0) is 54.2 Å². The van der Waals surface area contributed by atoms with Gasteiger partial charge in [0.1, 0.15) is 5.25 Å². The monoisotopic (exact) mass is 534 g/mol. The number of benzene rings is 2. The third-order valence-electron chi connectivity index (χ3n) is 5.47. The minimum Gasteiger partial charge on any atom is -0.504 e. The molecule has 0 spiro atoms. The maximum atomic E-state index is 13.6. The number of phenolic OH excluding ortho intramolecular Hbond substituents is 1. The molecule has 6 nitrogen and oxygen atoms in total. The van der Waals surface area contributed by atoms with E-state index in [4.69, 9.17) is 17.0 Å². The maximum Gasteiger partial charge on any atom is 0.248 e. The largest absolute Gasteiger partial charge is 0.504 e. The van der Waals surface area contributed by atoms with Gasteiger partial charge in [0.25, 0.3) is 0 Å².